The summed E-state index contributed by atoms with van der Waals surface area (Å²) >= 11 is 6.11. The van der Waals surface area contributed by atoms with Crippen LogP contribution >= 0.6 is 11.6 Å². The number of hydrogen-bond donors (Lipinski definition) is 0. The summed E-state index contributed by atoms with van der Waals surface area (Å²) in [7, 11) is 0. The van der Waals surface area contributed by atoms with E-state index in [1.54, 1.807) is 12.3 Å². The number of imidazole rings is 1. The smallest absolute Gasteiger partial charge is 0.445 e. The van der Waals surface area contributed by atoms with Crippen molar-refractivity contribution in [1.29, 1.82) is 0 Å². The number of piperidine rings is 1. The molecule has 2 aromatic carbocycles. The Kier molecular flexibility index (Phi) is 7.38. The number of likely N-dealkylation sites (tertiary alicyclic amines) is 1. The number of aromatic nitrogens is 5. The fourth-order valence-electron chi connectivity index (χ4n) is 6.54. The predicted octanol–water partition coefficient (Wildman–Crippen LogP) is 6.97. The second-order valence-electron chi connectivity index (χ2n) is 12.3. The van der Waals surface area contributed by atoms with Gasteiger partial charge in [-0.05, 0) is 74.7 Å². The second kappa shape index (κ2) is 11.5. The van der Waals surface area contributed by atoms with Gasteiger partial charge in [-0.15, -0.1) is 0 Å². The van der Waals surface area contributed by atoms with Gasteiger partial charge in [0, 0.05) is 29.7 Å². The zero-order valence-electron chi connectivity index (χ0n) is 25.3. The van der Waals surface area contributed by atoms with Gasteiger partial charge in [-0.1, -0.05) is 28.9 Å². The average molecular weight is 667 g/mol. The van der Waals surface area contributed by atoms with Gasteiger partial charge in [-0.3, -0.25) is 9.88 Å². The van der Waals surface area contributed by atoms with Crippen LogP contribution in [0.15, 0.2) is 59.3 Å². The fourth-order valence-corrected chi connectivity index (χ4v) is 6.66. The van der Waals surface area contributed by atoms with Gasteiger partial charge in [0.2, 0.25) is 5.82 Å². The first-order valence-electron chi connectivity index (χ1n) is 15.5. The van der Waals surface area contributed by atoms with E-state index >= 15 is 0 Å². The molecule has 1 unspecified atom stereocenters. The van der Waals surface area contributed by atoms with Crippen LogP contribution < -0.4 is 9.47 Å². The van der Waals surface area contributed by atoms with Crippen LogP contribution in [0.4, 0.5) is 13.2 Å². The standard InChI is InChI=1S/C33H30ClF3N6O4/c1-32(20-5-7-21(34)8-6-20)45-27-4-2-3-23(29(27)46-32)19-9-12-42(13-10-19)18-28-39-24-15-25(30-40-31(47-41-30)33(35,36)37)38-16-26(24)43(28)17-22-11-14-44-22/h2-8,15-16,19,22H,9-14,17-18H2,1H3/t22-,32?/m0/s1. The van der Waals surface area contributed by atoms with Gasteiger partial charge in [-0.2, -0.15) is 18.2 Å². The van der Waals surface area contributed by atoms with Crippen molar-refractivity contribution in [2.45, 2.75) is 63.3 Å². The van der Waals surface area contributed by atoms with Gasteiger partial charge < -0.3 is 23.3 Å². The van der Waals surface area contributed by atoms with E-state index in [0.29, 0.717) is 29.5 Å². The number of para-hydroxylation sites is 1. The third-order valence-corrected chi connectivity index (χ3v) is 9.41. The minimum atomic E-state index is -4.74. The lowest BCUT2D eigenvalue weighted by atomic mass is 9.88. The van der Waals surface area contributed by atoms with Gasteiger partial charge >= 0.3 is 12.1 Å². The van der Waals surface area contributed by atoms with E-state index in [1.165, 1.54) is 0 Å². The summed E-state index contributed by atoms with van der Waals surface area (Å²) in [6.45, 7) is 5.55. The Balaban J connectivity index is 0.996. The SMILES string of the molecule is CC1(c2ccc(Cl)cc2)Oc2cccc(C3CCN(Cc4nc5cc(-c6noc(C(F)(F)F)n6)ncc5n4C[C@@H]4CCO4)CC3)c2O1. The number of alkyl halides is 3. The Labute approximate surface area is 272 Å². The largest absolute Gasteiger partial charge is 0.471 e. The Morgan fingerprint density at radius 3 is 2.51 bits per heavy atom. The molecule has 3 aliphatic rings. The molecule has 5 aromatic rings. The molecule has 10 nitrogen and oxygen atoms in total. The lowest BCUT2D eigenvalue weighted by molar-refractivity contribution is -0.159. The maximum absolute atomic E-state index is 13.0. The van der Waals surface area contributed by atoms with E-state index in [1.807, 2.05) is 43.3 Å². The summed E-state index contributed by atoms with van der Waals surface area (Å²) in [4.78, 5) is 15.1. The molecule has 3 aliphatic heterocycles. The molecule has 0 amide bonds. The van der Waals surface area contributed by atoms with E-state index in [0.717, 1.165) is 72.9 Å². The van der Waals surface area contributed by atoms with Crippen LogP contribution in [0.3, 0.4) is 0 Å². The highest BCUT2D eigenvalue weighted by Gasteiger charge is 2.41. The molecule has 47 heavy (non-hydrogen) atoms. The lowest BCUT2D eigenvalue weighted by Gasteiger charge is -2.33. The normalized spacial score (nSPS) is 21.8. The van der Waals surface area contributed by atoms with E-state index in [4.69, 9.17) is 30.8 Å². The van der Waals surface area contributed by atoms with Crippen LogP contribution in [0.25, 0.3) is 22.6 Å². The molecule has 0 bridgehead atoms. The highest BCUT2D eigenvalue weighted by Crippen LogP contribution is 2.49. The third-order valence-electron chi connectivity index (χ3n) is 9.16. The highest BCUT2D eigenvalue weighted by atomic mass is 35.5. The molecule has 0 aliphatic carbocycles. The van der Waals surface area contributed by atoms with Crippen molar-refractivity contribution in [3.8, 4) is 23.0 Å². The molecule has 0 N–H and O–H groups in total. The topological polar surface area (TPSA) is 101 Å². The molecular formula is C33H30ClF3N6O4. The second-order valence-corrected chi connectivity index (χ2v) is 12.7. The van der Waals surface area contributed by atoms with Crippen molar-refractivity contribution < 1.29 is 31.9 Å². The van der Waals surface area contributed by atoms with Crippen LogP contribution in [-0.2, 0) is 29.8 Å². The number of halogens is 4. The first-order chi connectivity index (χ1) is 22.6. The van der Waals surface area contributed by atoms with Crippen LogP contribution in [0, 0.1) is 0 Å². The van der Waals surface area contributed by atoms with Crippen molar-refractivity contribution in [3.63, 3.8) is 0 Å². The molecule has 2 atom stereocenters. The molecule has 0 radical (unpaired) electrons. The monoisotopic (exact) mass is 666 g/mol. The molecule has 2 saturated heterocycles. The molecule has 0 saturated carbocycles. The van der Waals surface area contributed by atoms with Gasteiger partial charge in [0.1, 0.15) is 11.5 Å². The summed E-state index contributed by atoms with van der Waals surface area (Å²) in [6.07, 6.45) is -0.263. The molecule has 14 heteroatoms. The Morgan fingerprint density at radius 2 is 1.81 bits per heavy atom. The quantitative estimate of drug-likeness (QED) is 0.182. The summed E-state index contributed by atoms with van der Waals surface area (Å²) in [5.41, 5.74) is 3.55. The van der Waals surface area contributed by atoms with Crippen molar-refractivity contribution in [2.24, 2.45) is 0 Å². The predicted molar refractivity (Wildman–Crippen MR) is 164 cm³/mol. The van der Waals surface area contributed by atoms with Crippen LogP contribution in [0.1, 0.15) is 54.9 Å². The fraction of sp³-hybridized carbons (Fsp3) is 0.394. The number of benzene rings is 2. The Hall–Kier alpha value is -4.20. The van der Waals surface area contributed by atoms with Crippen LogP contribution in [0.2, 0.25) is 5.02 Å². The summed E-state index contributed by atoms with van der Waals surface area (Å²) in [5.74, 6) is 0.0642. The molecule has 244 valence electrons. The van der Waals surface area contributed by atoms with Crippen molar-refractivity contribution >= 4 is 22.6 Å². The zero-order valence-corrected chi connectivity index (χ0v) is 26.1. The Morgan fingerprint density at radius 1 is 1.02 bits per heavy atom. The molecule has 6 heterocycles. The number of rotatable bonds is 7. The van der Waals surface area contributed by atoms with E-state index in [-0.39, 0.29) is 17.6 Å². The lowest BCUT2D eigenvalue weighted by Crippen LogP contribution is -2.35. The molecular weight excluding hydrogens is 637 g/mol. The van der Waals surface area contributed by atoms with E-state index < -0.39 is 17.9 Å². The molecule has 3 aromatic heterocycles. The van der Waals surface area contributed by atoms with Crippen LogP contribution in [0.5, 0.6) is 11.5 Å². The minimum Gasteiger partial charge on any atom is -0.445 e. The number of ether oxygens (including phenoxy) is 3. The molecule has 2 fully saturated rings. The van der Waals surface area contributed by atoms with Crippen molar-refractivity contribution in [1.82, 2.24) is 29.6 Å². The first-order valence-corrected chi connectivity index (χ1v) is 15.9. The Bertz CT molecular complexity index is 1940. The minimum absolute atomic E-state index is 0.0732. The molecule has 8 rings (SSSR count). The first kappa shape index (κ1) is 30.2. The zero-order chi connectivity index (χ0) is 32.3. The van der Waals surface area contributed by atoms with Gasteiger partial charge in [0.15, 0.2) is 11.5 Å². The van der Waals surface area contributed by atoms with Crippen molar-refractivity contribution in [2.75, 3.05) is 19.7 Å². The van der Waals surface area contributed by atoms with Gasteiger partial charge in [0.05, 0.1) is 36.4 Å². The maximum atomic E-state index is 13.0. The summed E-state index contributed by atoms with van der Waals surface area (Å²) in [5, 5.41) is 4.13. The van der Waals surface area contributed by atoms with Gasteiger partial charge in [-0.25, -0.2) is 4.98 Å². The molecule has 0 spiro atoms. The summed E-state index contributed by atoms with van der Waals surface area (Å²) in [6, 6.07) is 15.2. The van der Waals surface area contributed by atoms with E-state index in [9.17, 15) is 13.2 Å². The van der Waals surface area contributed by atoms with Crippen LogP contribution in [-0.4, -0.2) is 55.4 Å². The van der Waals surface area contributed by atoms with E-state index in [2.05, 4.69) is 35.2 Å². The number of hydrogen-bond acceptors (Lipinski definition) is 9. The number of fused-ring (bicyclic) bond motifs is 2. The summed E-state index contributed by atoms with van der Waals surface area (Å²) < 4.78 is 64.2. The third kappa shape index (κ3) is 5.70. The maximum Gasteiger partial charge on any atom is 0.471 e. The average Bonchev–Trinajstić information content (AvgIpc) is 3.75. The number of pyridine rings is 1. The number of nitrogens with zero attached hydrogens (tertiary/aromatic N) is 6. The highest BCUT2D eigenvalue weighted by molar-refractivity contribution is 6.30. The van der Waals surface area contributed by atoms with Gasteiger partial charge in [0.25, 0.3) is 5.79 Å². The van der Waals surface area contributed by atoms with Crippen molar-refractivity contribution in [3.05, 3.63) is 82.6 Å².